The highest BCUT2D eigenvalue weighted by molar-refractivity contribution is 6.15. The maximum absolute atomic E-state index is 11.8. The number of benzene rings is 1. The molecule has 0 saturated heterocycles. The predicted octanol–water partition coefficient (Wildman–Crippen LogP) is 1.90. The number of nitrogens with zero attached hydrogens (tertiary/aromatic N) is 2. The summed E-state index contributed by atoms with van der Waals surface area (Å²) in [6.45, 7) is 1.89. The van der Waals surface area contributed by atoms with Crippen molar-refractivity contribution < 1.29 is 0 Å². The predicted molar refractivity (Wildman–Crippen MR) is 56.6 cm³/mol. The number of halogens is 1. The van der Waals surface area contributed by atoms with E-state index in [1.807, 2.05) is 25.1 Å². The summed E-state index contributed by atoms with van der Waals surface area (Å²) in [5.41, 5.74) is 1.57. The van der Waals surface area contributed by atoms with Gasteiger partial charge in [0.1, 0.15) is 6.00 Å². The molecule has 0 aliphatic carbocycles. The summed E-state index contributed by atoms with van der Waals surface area (Å²) in [7, 11) is 0. The molecule has 0 N–H and O–H groups in total. The summed E-state index contributed by atoms with van der Waals surface area (Å²) in [4.78, 5) is 16.0. The van der Waals surface area contributed by atoms with Gasteiger partial charge in [-0.3, -0.25) is 9.36 Å². The van der Waals surface area contributed by atoms with Gasteiger partial charge in [0, 0.05) is 0 Å². The SMILES string of the molecule is Cc1cccc2ncn(CCl)c(=O)c12. The van der Waals surface area contributed by atoms with Crippen LogP contribution in [-0.4, -0.2) is 9.55 Å². The third kappa shape index (κ3) is 1.30. The van der Waals surface area contributed by atoms with Gasteiger partial charge in [0.2, 0.25) is 0 Å². The standard InChI is InChI=1S/C10H9ClN2O/c1-7-3-2-4-8-9(7)10(14)13(5-11)6-12-8/h2-4,6H,5H2,1H3. The lowest BCUT2D eigenvalue weighted by Gasteiger charge is -2.03. The van der Waals surface area contributed by atoms with E-state index in [-0.39, 0.29) is 11.6 Å². The number of fused-ring (bicyclic) bond motifs is 1. The summed E-state index contributed by atoms with van der Waals surface area (Å²) in [6, 6.07) is 5.73. The molecule has 0 saturated carbocycles. The Morgan fingerprint density at radius 3 is 3.00 bits per heavy atom. The maximum atomic E-state index is 11.8. The van der Waals surface area contributed by atoms with Crippen molar-refractivity contribution in [1.82, 2.24) is 9.55 Å². The Kier molecular flexibility index (Phi) is 2.25. The lowest BCUT2D eigenvalue weighted by atomic mass is 10.1. The third-order valence-electron chi connectivity index (χ3n) is 2.19. The quantitative estimate of drug-likeness (QED) is 0.671. The Labute approximate surface area is 86.0 Å². The van der Waals surface area contributed by atoms with Gasteiger partial charge in [-0.15, -0.1) is 11.6 Å². The molecule has 14 heavy (non-hydrogen) atoms. The Hall–Kier alpha value is -1.35. The average Bonchev–Trinajstić information content (AvgIpc) is 2.18. The van der Waals surface area contributed by atoms with E-state index in [1.165, 1.54) is 10.9 Å². The van der Waals surface area contributed by atoms with Crippen LogP contribution in [0.25, 0.3) is 10.9 Å². The van der Waals surface area contributed by atoms with Gasteiger partial charge in [0.15, 0.2) is 0 Å². The van der Waals surface area contributed by atoms with Gasteiger partial charge in [-0.1, -0.05) is 12.1 Å². The molecule has 1 aromatic heterocycles. The van der Waals surface area contributed by atoms with E-state index in [9.17, 15) is 4.79 Å². The molecule has 3 nitrogen and oxygen atoms in total. The van der Waals surface area contributed by atoms with Crippen molar-refractivity contribution in [3.05, 3.63) is 40.4 Å². The average molecular weight is 209 g/mol. The maximum Gasteiger partial charge on any atom is 0.262 e. The zero-order valence-electron chi connectivity index (χ0n) is 7.70. The van der Waals surface area contributed by atoms with Crippen LogP contribution in [0.3, 0.4) is 0 Å². The fraction of sp³-hybridized carbons (Fsp3) is 0.200. The van der Waals surface area contributed by atoms with Crippen molar-refractivity contribution in [2.45, 2.75) is 12.9 Å². The molecular formula is C10H9ClN2O. The summed E-state index contributed by atoms with van der Waals surface area (Å²) in [5, 5.41) is 0.649. The summed E-state index contributed by atoms with van der Waals surface area (Å²) >= 11 is 5.61. The molecule has 0 aliphatic rings. The minimum atomic E-state index is -0.0805. The smallest absolute Gasteiger partial charge is 0.262 e. The van der Waals surface area contributed by atoms with E-state index >= 15 is 0 Å². The van der Waals surface area contributed by atoms with Gasteiger partial charge in [-0.2, -0.15) is 0 Å². The van der Waals surface area contributed by atoms with Gasteiger partial charge < -0.3 is 0 Å². The first-order valence-electron chi connectivity index (χ1n) is 4.25. The van der Waals surface area contributed by atoms with Crippen LogP contribution < -0.4 is 5.56 Å². The number of hydrogen-bond donors (Lipinski definition) is 0. The van der Waals surface area contributed by atoms with E-state index in [0.29, 0.717) is 5.39 Å². The van der Waals surface area contributed by atoms with Crippen molar-refractivity contribution in [2.75, 3.05) is 0 Å². The van der Waals surface area contributed by atoms with E-state index in [2.05, 4.69) is 4.98 Å². The molecule has 0 amide bonds. The molecule has 0 atom stereocenters. The van der Waals surface area contributed by atoms with Crippen LogP contribution in [0.2, 0.25) is 0 Å². The Balaban J connectivity index is 2.94. The van der Waals surface area contributed by atoms with Crippen molar-refractivity contribution in [3.63, 3.8) is 0 Å². The number of alkyl halides is 1. The second-order valence-corrected chi connectivity index (χ2v) is 3.35. The van der Waals surface area contributed by atoms with Gasteiger partial charge >= 0.3 is 0 Å². The van der Waals surface area contributed by atoms with E-state index in [4.69, 9.17) is 11.6 Å². The van der Waals surface area contributed by atoms with Gasteiger partial charge in [0.05, 0.1) is 17.2 Å². The highest BCUT2D eigenvalue weighted by Gasteiger charge is 2.04. The van der Waals surface area contributed by atoms with Crippen LogP contribution in [0.1, 0.15) is 5.56 Å². The summed E-state index contributed by atoms with van der Waals surface area (Å²) < 4.78 is 1.39. The summed E-state index contributed by atoms with van der Waals surface area (Å²) in [5.74, 6) is 0. The van der Waals surface area contributed by atoms with Crippen molar-refractivity contribution in [1.29, 1.82) is 0 Å². The van der Waals surface area contributed by atoms with Crippen LogP contribution in [-0.2, 0) is 6.00 Å². The molecule has 0 fully saturated rings. The molecule has 2 rings (SSSR count). The Morgan fingerprint density at radius 2 is 2.29 bits per heavy atom. The fourth-order valence-electron chi connectivity index (χ4n) is 1.45. The normalized spacial score (nSPS) is 10.7. The van der Waals surface area contributed by atoms with Crippen LogP contribution in [0, 0.1) is 6.92 Å². The molecule has 0 radical (unpaired) electrons. The minimum absolute atomic E-state index is 0.0805. The second kappa shape index (κ2) is 3.42. The molecule has 0 unspecified atom stereocenters. The third-order valence-corrected chi connectivity index (χ3v) is 2.45. The molecule has 1 aromatic carbocycles. The van der Waals surface area contributed by atoms with Gasteiger partial charge in [-0.05, 0) is 18.6 Å². The molecule has 72 valence electrons. The highest BCUT2D eigenvalue weighted by atomic mass is 35.5. The van der Waals surface area contributed by atoms with Crippen molar-refractivity contribution in [2.24, 2.45) is 0 Å². The largest absolute Gasteiger partial charge is 0.284 e. The van der Waals surface area contributed by atoms with Crippen molar-refractivity contribution in [3.8, 4) is 0 Å². The van der Waals surface area contributed by atoms with Crippen molar-refractivity contribution >= 4 is 22.5 Å². The van der Waals surface area contributed by atoms with Crippen LogP contribution >= 0.6 is 11.6 Å². The van der Waals surface area contributed by atoms with E-state index in [0.717, 1.165) is 11.1 Å². The van der Waals surface area contributed by atoms with Crippen LogP contribution in [0.5, 0.6) is 0 Å². The number of hydrogen-bond acceptors (Lipinski definition) is 2. The molecular weight excluding hydrogens is 200 g/mol. The monoisotopic (exact) mass is 208 g/mol. The molecule has 1 heterocycles. The molecule has 0 bridgehead atoms. The number of aromatic nitrogens is 2. The first kappa shape index (κ1) is 9.21. The zero-order valence-corrected chi connectivity index (χ0v) is 8.45. The van der Waals surface area contributed by atoms with Gasteiger partial charge in [0.25, 0.3) is 5.56 Å². The molecule has 2 aromatic rings. The second-order valence-electron chi connectivity index (χ2n) is 3.11. The topological polar surface area (TPSA) is 34.9 Å². The van der Waals surface area contributed by atoms with E-state index < -0.39 is 0 Å². The number of rotatable bonds is 1. The lowest BCUT2D eigenvalue weighted by molar-refractivity contribution is 0.815. The molecule has 0 aliphatic heterocycles. The Bertz CT molecular complexity index is 533. The van der Waals surface area contributed by atoms with Gasteiger partial charge in [-0.25, -0.2) is 4.98 Å². The fourth-order valence-corrected chi connectivity index (χ4v) is 1.62. The first-order valence-corrected chi connectivity index (χ1v) is 4.78. The van der Waals surface area contributed by atoms with E-state index in [1.54, 1.807) is 0 Å². The van der Waals surface area contributed by atoms with Crippen LogP contribution in [0.15, 0.2) is 29.3 Å². The number of aryl methyl sites for hydroxylation is 1. The molecule has 4 heteroatoms. The first-order chi connectivity index (χ1) is 6.74. The molecule has 0 spiro atoms. The minimum Gasteiger partial charge on any atom is -0.284 e. The Morgan fingerprint density at radius 1 is 1.50 bits per heavy atom. The summed E-state index contributed by atoms with van der Waals surface area (Å²) in [6.07, 6.45) is 1.47. The van der Waals surface area contributed by atoms with Crippen LogP contribution in [0.4, 0.5) is 0 Å². The lowest BCUT2D eigenvalue weighted by Crippen LogP contribution is -2.19. The highest BCUT2D eigenvalue weighted by Crippen LogP contribution is 2.10. The zero-order chi connectivity index (χ0) is 10.1.